The van der Waals surface area contributed by atoms with Gasteiger partial charge in [0.25, 0.3) is 0 Å². The highest BCUT2D eigenvalue weighted by molar-refractivity contribution is 4.98. The van der Waals surface area contributed by atoms with Gasteiger partial charge in [-0.05, 0) is 58.8 Å². The third kappa shape index (κ3) is 3.19. The summed E-state index contributed by atoms with van der Waals surface area (Å²) in [4.78, 5) is 4.71. The average molecular weight is 241 g/mol. The number of nitrogens with two attached hydrogens (primary N) is 1. The Hall–Kier alpha value is -0.160. The van der Waals surface area contributed by atoms with E-state index in [1.54, 1.807) is 0 Å². The van der Waals surface area contributed by atoms with E-state index in [-0.39, 0.29) is 0 Å². The summed E-state index contributed by atoms with van der Waals surface area (Å²) < 4.78 is 0. The van der Waals surface area contributed by atoms with Gasteiger partial charge in [0.1, 0.15) is 0 Å². The smallest absolute Gasteiger partial charge is 0.0923 e. The molecule has 0 amide bonds. The Kier molecular flexibility index (Phi) is 4.08. The lowest BCUT2D eigenvalue weighted by molar-refractivity contribution is -0.0175. The van der Waals surface area contributed by atoms with E-state index in [9.17, 15) is 5.11 Å². The summed E-state index contributed by atoms with van der Waals surface area (Å²) in [6.07, 6.45) is 4.72. The zero-order valence-electron chi connectivity index (χ0n) is 11.2. The molecule has 17 heavy (non-hydrogen) atoms. The van der Waals surface area contributed by atoms with Crippen molar-refractivity contribution in [2.75, 3.05) is 40.3 Å². The quantitative estimate of drug-likeness (QED) is 0.717. The first-order valence-electron chi connectivity index (χ1n) is 6.86. The summed E-state index contributed by atoms with van der Waals surface area (Å²) in [6, 6.07) is 0.707. The van der Waals surface area contributed by atoms with Gasteiger partial charge >= 0.3 is 0 Å². The van der Waals surface area contributed by atoms with Crippen LogP contribution in [0.25, 0.3) is 0 Å². The lowest BCUT2D eigenvalue weighted by Crippen LogP contribution is -2.53. The van der Waals surface area contributed by atoms with Gasteiger partial charge in [-0.1, -0.05) is 0 Å². The van der Waals surface area contributed by atoms with Crippen molar-refractivity contribution in [3.05, 3.63) is 0 Å². The molecule has 1 saturated carbocycles. The molecule has 1 aliphatic heterocycles. The second-order valence-corrected chi connectivity index (χ2v) is 6.05. The van der Waals surface area contributed by atoms with E-state index >= 15 is 0 Å². The van der Waals surface area contributed by atoms with Crippen LogP contribution in [0.4, 0.5) is 0 Å². The van der Waals surface area contributed by atoms with E-state index in [1.165, 1.54) is 12.8 Å². The first-order valence-corrected chi connectivity index (χ1v) is 6.86. The minimum atomic E-state index is -0.620. The molecular formula is C13H27N3O. The van der Waals surface area contributed by atoms with Crippen molar-refractivity contribution in [1.82, 2.24) is 9.80 Å². The summed E-state index contributed by atoms with van der Waals surface area (Å²) >= 11 is 0. The molecule has 1 aliphatic carbocycles. The second-order valence-electron chi connectivity index (χ2n) is 6.05. The summed E-state index contributed by atoms with van der Waals surface area (Å²) in [6.45, 7) is 3.37. The fourth-order valence-corrected chi connectivity index (χ4v) is 2.96. The molecule has 0 spiro atoms. The standard InChI is InChI=1S/C13H27N3O/c1-15(2)12-5-7-16(8-6-12)10-13(17,9-14)11-3-4-11/h11-12,17H,3-10,14H2,1-2H3. The summed E-state index contributed by atoms with van der Waals surface area (Å²) in [5.41, 5.74) is 5.14. The molecule has 2 fully saturated rings. The van der Waals surface area contributed by atoms with Gasteiger partial charge in [-0.15, -0.1) is 0 Å². The van der Waals surface area contributed by atoms with Crippen molar-refractivity contribution in [1.29, 1.82) is 0 Å². The van der Waals surface area contributed by atoms with E-state index in [0.29, 0.717) is 18.5 Å². The molecule has 0 aromatic heterocycles. The Bertz CT molecular complexity index is 247. The molecule has 4 heteroatoms. The minimum absolute atomic E-state index is 0.408. The van der Waals surface area contributed by atoms with Gasteiger partial charge in [-0.2, -0.15) is 0 Å². The Balaban J connectivity index is 1.80. The molecule has 4 nitrogen and oxygen atoms in total. The SMILES string of the molecule is CN(C)C1CCN(CC(O)(CN)C2CC2)CC1. The third-order valence-corrected chi connectivity index (χ3v) is 4.48. The first-order chi connectivity index (χ1) is 8.05. The zero-order valence-corrected chi connectivity index (χ0v) is 11.2. The fraction of sp³-hybridized carbons (Fsp3) is 1.00. The monoisotopic (exact) mass is 241 g/mol. The molecule has 0 aromatic carbocycles. The molecule has 1 atom stereocenters. The Morgan fingerprint density at radius 3 is 2.24 bits per heavy atom. The number of rotatable bonds is 5. The maximum absolute atomic E-state index is 10.5. The minimum Gasteiger partial charge on any atom is -0.387 e. The van der Waals surface area contributed by atoms with Crippen LogP contribution in [0.3, 0.4) is 0 Å². The number of hydrogen-bond donors (Lipinski definition) is 2. The van der Waals surface area contributed by atoms with Crippen LogP contribution in [0.5, 0.6) is 0 Å². The molecule has 1 unspecified atom stereocenters. The predicted molar refractivity (Wildman–Crippen MR) is 69.9 cm³/mol. The first kappa shape index (κ1) is 13.3. The lowest BCUT2D eigenvalue weighted by Gasteiger charge is -2.39. The Morgan fingerprint density at radius 2 is 1.82 bits per heavy atom. The van der Waals surface area contributed by atoms with Crippen LogP contribution in [-0.4, -0.2) is 66.8 Å². The molecule has 0 aromatic rings. The van der Waals surface area contributed by atoms with Gasteiger partial charge in [-0.3, -0.25) is 0 Å². The maximum atomic E-state index is 10.5. The van der Waals surface area contributed by atoms with Crippen LogP contribution in [0.15, 0.2) is 0 Å². The van der Waals surface area contributed by atoms with Gasteiger partial charge in [0.2, 0.25) is 0 Å². The number of hydrogen-bond acceptors (Lipinski definition) is 4. The normalized spacial score (nSPS) is 27.4. The van der Waals surface area contributed by atoms with Crippen molar-refractivity contribution in [3.63, 3.8) is 0 Å². The van der Waals surface area contributed by atoms with Crippen LogP contribution in [0.2, 0.25) is 0 Å². The van der Waals surface area contributed by atoms with Crippen molar-refractivity contribution in [2.45, 2.75) is 37.3 Å². The second kappa shape index (κ2) is 5.22. The molecule has 3 N–H and O–H groups in total. The molecule has 0 bridgehead atoms. The average Bonchev–Trinajstić information content (AvgIpc) is 3.13. The van der Waals surface area contributed by atoms with E-state index in [4.69, 9.17) is 5.73 Å². The fourth-order valence-electron chi connectivity index (χ4n) is 2.96. The lowest BCUT2D eigenvalue weighted by atomic mass is 9.95. The van der Waals surface area contributed by atoms with Gasteiger partial charge in [0.15, 0.2) is 0 Å². The number of nitrogens with zero attached hydrogens (tertiary/aromatic N) is 2. The van der Waals surface area contributed by atoms with Crippen LogP contribution in [0, 0.1) is 5.92 Å². The number of aliphatic hydroxyl groups is 1. The van der Waals surface area contributed by atoms with Crippen molar-refractivity contribution < 1.29 is 5.11 Å². The highest BCUT2D eigenvalue weighted by Crippen LogP contribution is 2.39. The molecule has 1 heterocycles. The van der Waals surface area contributed by atoms with Gasteiger partial charge in [0.05, 0.1) is 5.60 Å². The number of piperidine rings is 1. The van der Waals surface area contributed by atoms with Gasteiger partial charge in [-0.25, -0.2) is 0 Å². The molecule has 1 saturated heterocycles. The largest absolute Gasteiger partial charge is 0.387 e. The van der Waals surface area contributed by atoms with E-state index in [0.717, 1.165) is 32.5 Å². The summed E-state index contributed by atoms with van der Waals surface area (Å²) in [7, 11) is 4.31. The van der Waals surface area contributed by atoms with Crippen LogP contribution in [0.1, 0.15) is 25.7 Å². The third-order valence-electron chi connectivity index (χ3n) is 4.48. The van der Waals surface area contributed by atoms with Crippen molar-refractivity contribution in [2.24, 2.45) is 11.7 Å². The molecule has 0 radical (unpaired) electrons. The zero-order chi connectivity index (χ0) is 12.5. The highest BCUT2D eigenvalue weighted by atomic mass is 16.3. The highest BCUT2D eigenvalue weighted by Gasteiger charge is 2.44. The summed E-state index contributed by atoms with van der Waals surface area (Å²) in [5, 5.41) is 10.5. The van der Waals surface area contributed by atoms with Gasteiger partial charge < -0.3 is 20.6 Å². The molecule has 2 aliphatic rings. The summed E-state index contributed by atoms with van der Waals surface area (Å²) in [5.74, 6) is 0.457. The van der Waals surface area contributed by atoms with Crippen molar-refractivity contribution in [3.8, 4) is 0 Å². The Labute approximate surface area is 105 Å². The molecular weight excluding hydrogens is 214 g/mol. The van der Waals surface area contributed by atoms with E-state index in [1.807, 2.05) is 0 Å². The van der Waals surface area contributed by atoms with Crippen LogP contribution < -0.4 is 5.73 Å². The Morgan fingerprint density at radius 1 is 1.24 bits per heavy atom. The molecule has 2 rings (SSSR count). The van der Waals surface area contributed by atoms with Crippen LogP contribution >= 0.6 is 0 Å². The maximum Gasteiger partial charge on any atom is 0.0923 e. The van der Waals surface area contributed by atoms with Crippen LogP contribution in [-0.2, 0) is 0 Å². The van der Waals surface area contributed by atoms with Gasteiger partial charge in [0, 0.05) is 19.1 Å². The number of β-amino-alcohol motifs (C(OH)–C–C–N with tert-alkyl or cyclic N) is 1. The van der Waals surface area contributed by atoms with E-state index < -0.39 is 5.60 Å². The van der Waals surface area contributed by atoms with E-state index in [2.05, 4.69) is 23.9 Å². The topological polar surface area (TPSA) is 52.7 Å². The predicted octanol–water partition coefficient (Wildman–Crippen LogP) is 0.112. The van der Waals surface area contributed by atoms with Crippen molar-refractivity contribution >= 4 is 0 Å². The molecule has 100 valence electrons. The number of likely N-dealkylation sites (tertiary alicyclic amines) is 1.